The van der Waals surface area contributed by atoms with E-state index in [4.69, 9.17) is 0 Å². The molecule has 1 N–H and O–H groups in total. The first-order valence-electron chi connectivity index (χ1n) is 8.01. The van der Waals surface area contributed by atoms with Gasteiger partial charge in [-0.25, -0.2) is 4.98 Å². The van der Waals surface area contributed by atoms with Crippen LogP contribution in [0.25, 0.3) is 0 Å². The van der Waals surface area contributed by atoms with Crippen molar-refractivity contribution in [3.05, 3.63) is 18.1 Å². The van der Waals surface area contributed by atoms with Crippen LogP contribution in [0.15, 0.2) is 12.4 Å². The van der Waals surface area contributed by atoms with Crippen molar-refractivity contribution in [1.29, 1.82) is 0 Å². The molecule has 0 radical (unpaired) electrons. The normalized spacial score (nSPS) is 22.9. The van der Waals surface area contributed by atoms with E-state index >= 15 is 0 Å². The number of piperidine rings is 1. The summed E-state index contributed by atoms with van der Waals surface area (Å²) in [6, 6.07) is 0. The van der Waals surface area contributed by atoms with Crippen molar-refractivity contribution in [2.75, 3.05) is 25.5 Å². The molecule has 2 fully saturated rings. The predicted octanol–water partition coefficient (Wildman–Crippen LogP) is 3.06. The first-order chi connectivity index (χ1) is 9.80. The number of rotatable bonds is 3. The van der Waals surface area contributed by atoms with Crippen LogP contribution in [0.5, 0.6) is 0 Å². The van der Waals surface area contributed by atoms with Crippen molar-refractivity contribution < 1.29 is 0 Å². The molecule has 1 aromatic heterocycles. The van der Waals surface area contributed by atoms with E-state index in [0.29, 0.717) is 5.41 Å². The summed E-state index contributed by atoms with van der Waals surface area (Å²) in [6.07, 6.45) is 13.8. The largest absolute Gasteiger partial charge is 0.372 e. The van der Waals surface area contributed by atoms with E-state index in [1.54, 1.807) is 0 Å². The molecule has 2 aliphatic rings. The molecule has 2 heterocycles. The zero-order valence-electron chi connectivity index (χ0n) is 12.6. The molecule has 1 spiro atoms. The fourth-order valence-electron chi connectivity index (χ4n) is 3.78. The van der Waals surface area contributed by atoms with Crippen LogP contribution in [0.1, 0.15) is 50.6 Å². The first-order valence-corrected chi connectivity index (χ1v) is 8.01. The molecule has 1 saturated heterocycles. The Morgan fingerprint density at radius 2 is 1.80 bits per heavy atom. The second kappa shape index (κ2) is 6.08. The standard InChI is InChI=1S/C16H26N4/c1-17-15-12-18-14(11-19-15)13-20-9-7-16(8-10-20)5-3-2-4-6-16/h11-12H,2-10,13H2,1H3,(H,17,19). The molecule has 20 heavy (non-hydrogen) atoms. The van der Waals surface area contributed by atoms with Gasteiger partial charge in [-0.15, -0.1) is 0 Å². The highest BCUT2D eigenvalue weighted by Crippen LogP contribution is 2.44. The lowest BCUT2D eigenvalue weighted by Gasteiger charge is -2.44. The van der Waals surface area contributed by atoms with E-state index in [1.807, 2.05) is 19.4 Å². The Morgan fingerprint density at radius 3 is 2.40 bits per heavy atom. The van der Waals surface area contributed by atoms with Gasteiger partial charge in [0.05, 0.1) is 18.1 Å². The molecule has 0 atom stereocenters. The Balaban J connectivity index is 1.52. The highest BCUT2D eigenvalue weighted by atomic mass is 15.1. The summed E-state index contributed by atoms with van der Waals surface area (Å²) >= 11 is 0. The van der Waals surface area contributed by atoms with Crippen LogP contribution in [0.2, 0.25) is 0 Å². The van der Waals surface area contributed by atoms with Gasteiger partial charge in [0, 0.05) is 13.6 Å². The third kappa shape index (κ3) is 3.11. The van der Waals surface area contributed by atoms with Gasteiger partial charge in [0.2, 0.25) is 0 Å². The monoisotopic (exact) mass is 274 g/mol. The van der Waals surface area contributed by atoms with Gasteiger partial charge in [0.15, 0.2) is 0 Å². The second-order valence-corrected chi connectivity index (χ2v) is 6.48. The summed E-state index contributed by atoms with van der Waals surface area (Å²) in [4.78, 5) is 11.4. The Morgan fingerprint density at radius 1 is 1.05 bits per heavy atom. The van der Waals surface area contributed by atoms with Gasteiger partial charge in [-0.05, 0) is 44.2 Å². The lowest BCUT2D eigenvalue weighted by atomic mass is 9.68. The van der Waals surface area contributed by atoms with E-state index in [9.17, 15) is 0 Å². The number of likely N-dealkylation sites (tertiary alicyclic amines) is 1. The maximum absolute atomic E-state index is 4.48. The zero-order chi connectivity index (χ0) is 13.8. The van der Waals surface area contributed by atoms with Crippen LogP contribution in [0.3, 0.4) is 0 Å². The van der Waals surface area contributed by atoms with Crippen LogP contribution < -0.4 is 5.32 Å². The summed E-state index contributed by atoms with van der Waals surface area (Å²) in [5.41, 5.74) is 1.78. The number of aromatic nitrogens is 2. The van der Waals surface area contributed by atoms with Crippen LogP contribution in [0, 0.1) is 5.41 Å². The van der Waals surface area contributed by atoms with E-state index in [0.717, 1.165) is 18.1 Å². The molecular formula is C16H26N4. The molecule has 1 saturated carbocycles. The molecule has 0 bridgehead atoms. The SMILES string of the molecule is CNc1cnc(CN2CCC3(CCCCC3)CC2)cn1. The molecule has 0 amide bonds. The van der Waals surface area contributed by atoms with Crippen LogP contribution in [0.4, 0.5) is 5.82 Å². The zero-order valence-corrected chi connectivity index (χ0v) is 12.6. The van der Waals surface area contributed by atoms with Crippen LogP contribution in [-0.4, -0.2) is 35.0 Å². The first kappa shape index (κ1) is 13.8. The van der Waals surface area contributed by atoms with Gasteiger partial charge in [-0.3, -0.25) is 9.88 Å². The molecule has 0 aromatic carbocycles. The molecule has 110 valence electrons. The fraction of sp³-hybridized carbons (Fsp3) is 0.750. The van der Waals surface area contributed by atoms with Crippen molar-refractivity contribution in [3.8, 4) is 0 Å². The van der Waals surface area contributed by atoms with Crippen LogP contribution in [-0.2, 0) is 6.54 Å². The number of nitrogens with zero attached hydrogens (tertiary/aromatic N) is 3. The summed E-state index contributed by atoms with van der Waals surface area (Å²) < 4.78 is 0. The van der Waals surface area contributed by atoms with Crippen molar-refractivity contribution in [2.24, 2.45) is 5.41 Å². The molecular weight excluding hydrogens is 248 g/mol. The van der Waals surface area contributed by atoms with Crippen LogP contribution >= 0.6 is 0 Å². The highest BCUT2D eigenvalue weighted by molar-refractivity contribution is 5.29. The van der Waals surface area contributed by atoms with E-state index in [1.165, 1.54) is 58.0 Å². The van der Waals surface area contributed by atoms with Crippen molar-refractivity contribution in [3.63, 3.8) is 0 Å². The predicted molar refractivity (Wildman–Crippen MR) is 81.6 cm³/mol. The highest BCUT2D eigenvalue weighted by Gasteiger charge is 2.35. The van der Waals surface area contributed by atoms with E-state index in [2.05, 4.69) is 20.2 Å². The maximum Gasteiger partial charge on any atom is 0.144 e. The molecule has 1 aromatic rings. The quantitative estimate of drug-likeness (QED) is 0.919. The minimum Gasteiger partial charge on any atom is -0.372 e. The maximum atomic E-state index is 4.48. The van der Waals surface area contributed by atoms with E-state index in [-0.39, 0.29) is 0 Å². The van der Waals surface area contributed by atoms with Gasteiger partial charge < -0.3 is 5.32 Å². The number of anilines is 1. The van der Waals surface area contributed by atoms with Gasteiger partial charge in [0.25, 0.3) is 0 Å². The molecule has 3 rings (SSSR count). The molecule has 4 heteroatoms. The Labute approximate surface area is 122 Å². The third-order valence-corrected chi connectivity index (χ3v) is 5.18. The lowest BCUT2D eigenvalue weighted by molar-refractivity contribution is 0.0635. The second-order valence-electron chi connectivity index (χ2n) is 6.48. The number of hydrogen-bond acceptors (Lipinski definition) is 4. The fourth-order valence-corrected chi connectivity index (χ4v) is 3.78. The Bertz CT molecular complexity index is 413. The van der Waals surface area contributed by atoms with Gasteiger partial charge in [0.1, 0.15) is 5.82 Å². The summed E-state index contributed by atoms with van der Waals surface area (Å²) in [6.45, 7) is 3.41. The third-order valence-electron chi connectivity index (χ3n) is 5.18. The molecule has 1 aliphatic carbocycles. The van der Waals surface area contributed by atoms with Gasteiger partial charge >= 0.3 is 0 Å². The average Bonchev–Trinajstić information content (AvgIpc) is 2.52. The topological polar surface area (TPSA) is 41.1 Å². The van der Waals surface area contributed by atoms with Crippen molar-refractivity contribution in [1.82, 2.24) is 14.9 Å². The van der Waals surface area contributed by atoms with Crippen molar-refractivity contribution in [2.45, 2.75) is 51.5 Å². The van der Waals surface area contributed by atoms with E-state index < -0.39 is 0 Å². The molecule has 4 nitrogen and oxygen atoms in total. The smallest absolute Gasteiger partial charge is 0.144 e. The average molecular weight is 274 g/mol. The summed E-state index contributed by atoms with van der Waals surface area (Å²) in [5.74, 6) is 0.841. The van der Waals surface area contributed by atoms with Gasteiger partial charge in [-0.1, -0.05) is 19.3 Å². The lowest BCUT2D eigenvalue weighted by Crippen LogP contribution is -2.40. The Hall–Kier alpha value is -1.16. The number of nitrogens with one attached hydrogen (secondary N) is 1. The minimum absolute atomic E-state index is 0.691. The molecule has 0 unspecified atom stereocenters. The number of hydrogen-bond donors (Lipinski definition) is 1. The Kier molecular flexibility index (Phi) is 4.20. The summed E-state index contributed by atoms with van der Waals surface area (Å²) in [7, 11) is 1.87. The summed E-state index contributed by atoms with van der Waals surface area (Å²) in [5, 5.41) is 3.01. The molecule has 1 aliphatic heterocycles. The van der Waals surface area contributed by atoms with Crippen molar-refractivity contribution >= 4 is 5.82 Å². The minimum atomic E-state index is 0.691. The van der Waals surface area contributed by atoms with Gasteiger partial charge in [-0.2, -0.15) is 0 Å².